The van der Waals surface area contributed by atoms with Gasteiger partial charge in [-0.15, -0.1) is 6.42 Å². The van der Waals surface area contributed by atoms with E-state index >= 15 is 0 Å². The Hall–Kier alpha value is -3.42. The standard InChI is InChI=1S/C22H19BrN2O4/c1-5-8-29-21-17(23)11-15(12-20(21)28-4)10-16(13-24)22(26)25-18-9-14(2)6-7-19(18)27-3/h1,6-7,9-12H,8H2,2-4H3,(H,25,26)/b16-10+. The lowest BCUT2D eigenvalue weighted by molar-refractivity contribution is -0.112. The molecule has 7 heteroatoms. The largest absolute Gasteiger partial charge is 0.495 e. The van der Waals surface area contributed by atoms with Gasteiger partial charge in [0.05, 0.1) is 24.4 Å². The maximum atomic E-state index is 12.6. The summed E-state index contributed by atoms with van der Waals surface area (Å²) in [4.78, 5) is 12.6. The Bertz CT molecular complexity index is 1030. The number of terminal acetylenes is 1. The van der Waals surface area contributed by atoms with Crippen molar-refractivity contribution in [2.24, 2.45) is 0 Å². The fourth-order valence-electron chi connectivity index (χ4n) is 2.50. The highest BCUT2D eigenvalue weighted by atomic mass is 79.9. The monoisotopic (exact) mass is 454 g/mol. The summed E-state index contributed by atoms with van der Waals surface area (Å²) in [5, 5.41) is 12.2. The van der Waals surface area contributed by atoms with E-state index in [-0.39, 0.29) is 12.2 Å². The van der Waals surface area contributed by atoms with Crippen molar-refractivity contribution < 1.29 is 19.0 Å². The molecule has 0 saturated heterocycles. The molecule has 0 atom stereocenters. The van der Waals surface area contributed by atoms with Crippen LogP contribution in [-0.2, 0) is 4.79 Å². The lowest BCUT2D eigenvalue weighted by Crippen LogP contribution is -2.14. The van der Waals surface area contributed by atoms with Crippen LogP contribution in [0.1, 0.15) is 11.1 Å². The van der Waals surface area contributed by atoms with Crippen molar-refractivity contribution in [1.82, 2.24) is 0 Å². The number of benzene rings is 2. The van der Waals surface area contributed by atoms with E-state index in [1.807, 2.05) is 19.1 Å². The van der Waals surface area contributed by atoms with Crippen LogP contribution in [0.3, 0.4) is 0 Å². The molecule has 1 amide bonds. The molecule has 0 heterocycles. The third-order valence-corrected chi connectivity index (χ3v) is 4.42. The van der Waals surface area contributed by atoms with Crippen LogP contribution in [0.2, 0.25) is 0 Å². The number of aryl methyl sites for hydroxylation is 1. The van der Waals surface area contributed by atoms with E-state index in [1.165, 1.54) is 20.3 Å². The van der Waals surface area contributed by atoms with E-state index < -0.39 is 5.91 Å². The summed E-state index contributed by atoms with van der Waals surface area (Å²) >= 11 is 3.40. The number of nitrogens with one attached hydrogen (secondary N) is 1. The van der Waals surface area contributed by atoms with E-state index in [1.54, 1.807) is 24.3 Å². The van der Waals surface area contributed by atoms with Crippen LogP contribution in [0.5, 0.6) is 17.2 Å². The first-order chi connectivity index (χ1) is 13.9. The van der Waals surface area contributed by atoms with Gasteiger partial charge in [0, 0.05) is 0 Å². The zero-order valence-corrected chi connectivity index (χ0v) is 17.8. The van der Waals surface area contributed by atoms with Gasteiger partial charge in [-0.25, -0.2) is 0 Å². The van der Waals surface area contributed by atoms with Crippen LogP contribution in [0.4, 0.5) is 5.69 Å². The summed E-state index contributed by atoms with van der Waals surface area (Å²) in [5.74, 6) is 3.19. The van der Waals surface area contributed by atoms with Crippen molar-refractivity contribution in [1.29, 1.82) is 5.26 Å². The first kappa shape index (κ1) is 21.9. The summed E-state index contributed by atoms with van der Waals surface area (Å²) in [6.07, 6.45) is 6.68. The van der Waals surface area contributed by atoms with Crippen molar-refractivity contribution in [2.75, 3.05) is 26.1 Å². The molecule has 0 radical (unpaired) electrons. The SMILES string of the molecule is C#CCOc1c(Br)cc(/C=C(\C#N)C(=O)Nc2cc(C)ccc2OC)cc1OC. The minimum atomic E-state index is -0.556. The van der Waals surface area contributed by atoms with Gasteiger partial charge in [-0.05, 0) is 64.3 Å². The van der Waals surface area contributed by atoms with Crippen LogP contribution in [-0.4, -0.2) is 26.7 Å². The van der Waals surface area contributed by atoms with Gasteiger partial charge in [-0.2, -0.15) is 5.26 Å². The third-order valence-electron chi connectivity index (χ3n) is 3.83. The van der Waals surface area contributed by atoms with Gasteiger partial charge in [0.25, 0.3) is 5.91 Å². The molecule has 0 aromatic heterocycles. The fourth-order valence-corrected chi connectivity index (χ4v) is 3.08. The van der Waals surface area contributed by atoms with Gasteiger partial charge in [0.2, 0.25) is 0 Å². The predicted molar refractivity (Wildman–Crippen MR) is 115 cm³/mol. The highest BCUT2D eigenvalue weighted by Crippen LogP contribution is 2.37. The molecule has 2 rings (SSSR count). The zero-order chi connectivity index (χ0) is 21.4. The average Bonchev–Trinajstić information content (AvgIpc) is 2.70. The van der Waals surface area contributed by atoms with Crippen LogP contribution in [0, 0.1) is 30.6 Å². The topological polar surface area (TPSA) is 80.6 Å². The quantitative estimate of drug-likeness (QED) is 0.382. The Morgan fingerprint density at radius 3 is 2.59 bits per heavy atom. The number of carbonyl (C=O) groups excluding carboxylic acids is 1. The number of hydrogen-bond acceptors (Lipinski definition) is 5. The second-order valence-corrected chi connectivity index (χ2v) is 6.71. The normalized spacial score (nSPS) is 10.5. The minimum Gasteiger partial charge on any atom is -0.495 e. The molecule has 0 aliphatic rings. The minimum absolute atomic E-state index is 0.0777. The maximum absolute atomic E-state index is 12.6. The van der Waals surface area contributed by atoms with Crippen molar-refractivity contribution in [2.45, 2.75) is 6.92 Å². The second-order valence-electron chi connectivity index (χ2n) is 5.85. The van der Waals surface area contributed by atoms with Gasteiger partial charge in [0.15, 0.2) is 11.5 Å². The summed E-state index contributed by atoms with van der Waals surface area (Å²) in [6, 6.07) is 10.6. The first-order valence-corrected chi connectivity index (χ1v) is 9.24. The molecule has 1 N–H and O–H groups in total. The number of amides is 1. The van der Waals surface area contributed by atoms with Gasteiger partial charge in [0.1, 0.15) is 24.0 Å². The molecule has 0 fully saturated rings. The Labute approximate surface area is 178 Å². The molecule has 0 aliphatic carbocycles. The molecule has 0 bridgehead atoms. The maximum Gasteiger partial charge on any atom is 0.266 e. The van der Waals surface area contributed by atoms with Crippen molar-refractivity contribution >= 4 is 33.6 Å². The number of rotatable bonds is 7. The highest BCUT2D eigenvalue weighted by Gasteiger charge is 2.15. The number of carbonyl (C=O) groups is 1. The summed E-state index contributed by atoms with van der Waals surface area (Å²) in [5.41, 5.74) is 1.92. The number of hydrogen-bond donors (Lipinski definition) is 1. The molecule has 0 unspecified atom stereocenters. The molecule has 2 aromatic carbocycles. The van der Waals surface area contributed by atoms with Crippen molar-refractivity contribution in [3.63, 3.8) is 0 Å². The Balaban J connectivity index is 2.35. The molecule has 0 aliphatic heterocycles. The number of halogens is 1. The van der Waals surface area contributed by atoms with Crippen LogP contribution >= 0.6 is 15.9 Å². The number of nitrogens with zero attached hydrogens (tertiary/aromatic N) is 1. The van der Waals surface area contributed by atoms with E-state index in [0.717, 1.165) is 5.56 Å². The molecule has 6 nitrogen and oxygen atoms in total. The number of anilines is 1. The molecule has 148 valence electrons. The lowest BCUT2D eigenvalue weighted by Gasteiger charge is -2.12. The fraction of sp³-hybridized carbons (Fsp3) is 0.182. The number of ether oxygens (including phenoxy) is 3. The Morgan fingerprint density at radius 2 is 1.97 bits per heavy atom. The van der Waals surface area contributed by atoms with E-state index in [9.17, 15) is 10.1 Å². The van der Waals surface area contributed by atoms with E-state index in [2.05, 4.69) is 27.2 Å². The Kier molecular flexibility index (Phi) is 7.70. The van der Waals surface area contributed by atoms with E-state index in [4.69, 9.17) is 20.6 Å². The van der Waals surface area contributed by atoms with Crippen LogP contribution in [0.25, 0.3) is 6.08 Å². The molecule has 0 spiro atoms. The van der Waals surface area contributed by atoms with Gasteiger partial charge < -0.3 is 19.5 Å². The molecular weight excluding hydrogens is 436 g/mol. The zero-order valence-electron chi connectivity index (χ0n) is 16.2. The van der Waals surface area contributed by atoms with Gasteiger partial charge in [-0.3, -0.25) is 4.79 Å². The third kappa shape index (κ3) is 5.54. The summed E-state index contributed by atoms with van der Waals surface area (Å²) in [7, 11) is 2.99. The van der Waals surface area contributed by atoms with Crippen LogP contribution in [0.15, 0.2) is 40.4 Å². The summed E-state index contributed by atoms with van der Waals surface area (Å²) < 4.78 is 16.6. The Morgan fingerprint density at radius 1 is 1.24 bits per heavy atom. The van der Waals surface area contributed by atoms with Crippen LogP contribution < -0.4 is 19.5 Å². The first-order valence-electron chi connectivity index (χ1n) is 8.45. The smallest absolute Gasteiger partial charge is 0.266 e. The second kappa shape index (κ2) is 10.2. The molecule has 29 heavy (non-hydrogen) atoms. The average molecular weight is 455 g/mol. The molecule has 0 saturated carbocycles. The van der Waals surface area contributed by atoms with Crippen molar-refractivity contribution in [3.05, 3.63) is 51.5 Å². The number of methoxy groups -OCH3 is 2. The molecular formula is C22H19BrN2O4. The van der Waals surface area contributed by atoms with Gasteiger partial charge >= 0.3 is 0 Å². The highest BCUT2D eigenvalue weighted by molar-refractivity contribution is 9.10. The van der Waals surface area contributed by atoms with Gasteiger partial charge in [-0.1, -0.05) is 12.0 Å². The summed E-state index contributed by atoms with van der Waals surface area (Å²) in [6.45, 7) is 1.97. The number of nitriles is 1. The molecule has 2 aromatic rings. The lowest BCUT2D eigenvalue weighted by atomic mass is 10.1. The predicted octanol–water partition coefficient (Wildman–Crippen LogP) is 4.33. The van der Waals surface area contributed by atoms with E-state index in [0.29, 0.717) is 33.0 Å². The van der Waals surface area contributed by atoms with Crippen molar-refractivity contribution in [3.8, 4) is 35.7 Å².